The zero-order valence-electron chi connectivity index (χ0n) is 29.6. The molecule has 0 spiro atoms. The van der Waals surface area contributed by atoms with Gasteiger partial charge in [-0.15, -0.1) is 0 Å². The van der Waals surface area contributed by atoms with E-state index in [1.165, 1.54) is 60.9 Å². The van der Waals surface area contributed by atoms with Crippen LogP contribution in [0.1, 0.15) is 88.5 Å². The van der Waals surface area contributed by atoms with Crippen molar-refractivity contribution < 1.29 is 0 Å². The maximum absolute atomic E-state index is 2.52. The molecule has 0 saturated carbocycles. The Morgan fingerprint density at radius 3 is 1.45 bits per heavy atom. The monoisotopic (exact) mass is 639 g/mol. The summed E-state index contributed by atoms with van der Waals surface area (Å²) in [5, 5.41) is 2.59. The highest BCUT2D eigenvalue weighted by Crippen LogP contribution is 2.45. The predicted octanol–water partition coefficient (Wildman–Crippen LogP) is 13.4. The lowest BCUT2D eigenvalue weighted by molar-refractivity contribution is 0.426. The minimum absolute atomic E-state index is 0.0389. The lowest BCUT2D eigenvalue weighted by atomic mass is 9.68. The molecule has 0 bridgehead atoms. The van der Waals surface area contributed by atoms with Crippen molar-refractivity contribution in [2.45, 2.75) is 77.0 Å². The molecule has 1 heterocycles. The molecule has 7 aromatic rings. The molecule has 0 aliphatic heterocycles. The number of benzene rings is 6. The van der Waals surface area contributed by atoms with Gasteiger partial charge in [-0.25, -0.2) is 0 Å². The summed E-state index contributed by atoms with van der Waals surface area (Å²) in [4.78, 5) is 0. The van der Waals surface area contributed by atoms with Crippen molar-refractivity contribution in [2.75, 3.05) is 0 Å². The van der Waals surface area contributed by atoms with Crippen LogP contribution in [0.15, 0.2) is 152 Å². The second kappa shape index (κ2) is 13.9. The molecule has 7 rings (SSSR count). The van der Waals surface area contributed by atoms with E-state index >= 15 is 0 Å². The van der Waals surface area contributed by atoms with Crippen LogP contribution in [0, 0.1) is 0 Å². The van der Waals surface area contributed by atoms with Crippen LogP contribution in [0.4, 0.5) is 0 Å². The van der Waals surface area contributed by atoms with Crippen molar-refractivity contribution in [1.29, 1.82) is 0 Å². The Morgan fingerprint density at radius 1 is 0.408 bits per heavy atom. The summed E-state index contributed by atoms with van der Waals surface area (Å²) < 4.78 is 2.50. The lowest BCUT2D eigenvalue weighted by Crippen LogP contribution is -2.28. The maximum Gasteiger partial charge on any atom is 0.0541 e. The van der Waals surface area contributed by atoms with Crippen LogP contribution in [-0.2, 0) is 10.8 Å². The standard InChI is InChI=1S/C48H49N/c1-5-30-48(31-6-2,39-23-13-10-14-24-39)41-33-37(36-20-19-25-40(32-36)47(7-3,8-4)38-21-11-9-12-22-38)34-42(35-41)49-45-28-17-15-26-43(45)44-27-16-18-29-46(44)49/h9-29,32-35H,5-8,30-31H2,1-4H3. The highest BCUT2D eigenvalue weighted by molar-refractivity contribution is 6.09. The second-order valence-corrected chi connectivity index (χ2v) is 13.8. The van der Waals surface area contributed by atoms with Gasteiger partial charge in [0.1, 0.15) is 0 Å². The molecule has 0 amide bonds. The first kappa shape index (κ1) is 32.7. The van der Waals surface area contributed by atoms with Gasteiger partial charge >= 0.3 is 0 Å². The average molecular weight is 640 g/mol. The van der Waals surface area contributed by atoms with E-state index in [2.05, 4.69) is 184 Å². The molecule has 0 N–H and O–H groups in total. The summed E-state index contributed by atoms with van der Waals surface area (Å²) in [6, 6.07) is 57.1. The SMILES string of the molecule is CCCC(CCC)(c1ccccc1)c1cc(-c2cccc(C(CC)(CC)c3ccccc3)c2)cc(-n2c3ccccc3c3ccccc32)c1. The number of hydrogen-bond donors (Lipinski definition) is 0. The number of fused-ring (bicyclic) bond motifs is 3. The number of para-hydroxylation sites is 2. The molecular formula is C48H49N. The minimum atomic E-state index is -0.0907. The molecule has 0 radical (unpaired) electrons. The Bertz CT molecular complexity index is 2110. The molecule has 246 valence electrons. The number of aromatic nitrogens is 1. The molecule has 0 aliphatic rings. The first-order valence-electron chi connectivity index (χ1n) is 18.4. The van der Waals surface area contributed by atoms with E-state index in [9.17, 15) is 0 Å². The summed E-state index contributed by atoms with van der Waals surface area (Å²) in [7, 11) is 0. The number of nitrogens with zero attached hydrogens (tertiary/aromatic N) is 1. The molecule has 0 saturated heterocycles. The minimum Gasteiger partial charge on any atom is -0.309 e. The van der Waals surface area contributed by atoms with Crippen molar-refractivity contribution in [2.24, 2.45) is 0 Å². The Balaban J connectivity index is 1.53. The van der Waals surface area contributed by atoms with Gasteiger partial charge in [-0.3, -0.25) is 0 Å². The van der Waals surface area contributed by atoms with Crippen LogP contribution in [0.2, 0.25) is 0 Å². The molecule has 0 unspecified atom stereocenters. The highest BCUT2D eigenvalue weighted by atomic mass is 15.0. The topological polar surface area (TPSA) is 4.93 Å². The van der Waals surface area contributed by atoms with E-state index < -0.39 is 0 Å². The normalized spacial score (nSPS) is 12.2. The lowest BCUT2D eigenvalue weighted by Gasteiger charge is -2.36. The molecular weight excluding hydrogens is 591 g/mol. The van der Waals surface area contributed by atoms with E-state index in [0.717, 1.165) is 38.5 Å². The highest BCUT2D eigenvalue weighted by Gasteiger charge is 2.34. The smallest absolute Gasteiger partial charge is 0.0541 e. The number of rotatable bonds is 12. The summed E-state index contributed by atoms with van der Waals surface area (Å²) in [6.45, 7) is 9.36. The van der Waals surface area contributed by atoms with Crippen LogP contribution in [0.25, 0.3) is 38.6 Å². The largest absolute Gasteiger partial charge is 0.309 e. The zero-order chi connectivity index (χ0) is 33.8. The Hall–Kier alpha value is -4.88. The second-order valence-electron chi connectivity index (χ2n) is 13.8. The van der Waals surface area contributed by atoms with Gasteiger partial charge in [0.2, 0.25) is 0 Å². The average Bonchev–Trinajstić information content (AvgIpc) is 3.51. The van der Waals surface area contributed by atoms with Crippen LogP contribution in [0.3, 0.4) is 0 Å². The van der Waals surface area contributed by atoms with Crippen molar-refractivity contribution in [3.8, 4) is 16.8 Å². The third kappa shape index (κ3) is 5.70. The van der Waals surface area contributed by atoms with E-state index in [1.807, 2.05) is 0 Å². The van der Waals surface area contributed by atoms with Crippen LogP contribution < -0.4 is 0 Å². The fraction of sp³-hybridized carbons (Fsp3) is 0.250. The quantitative estimate of drug-likeness (QED) is 0.125. The Labute approximate surface area is 293 Å². The molecule has 1 aromatic heterocycles. The van der Waals surface area contributed by atoms with Gasteiger partial charge in [0.05, 0.1) is 11.0 Å². The van der Waals surface area contributed by atoms with Gasteiger partial charge in [-0.2, -0.15) is 0 Å². The third-order valence-corrected chi connectivity index (χ3v) is 11.3. The molecule has 0 fully saturated rings. The fourth-order valence-corrected chi connectivity index (χ4v) is 8.85. The predicted molar refractivity (Wildman–Crippen MR) is 211 cm³/mol. The van der Waals surface area contributed by atoms with E-state index in [1.54, 1.807) is 0 Å². The van der Waals surface area contributed by atoms with Crippen LogP contribution >= 0.6 is 0 Å². The fourth-order valence-electron chi connectivity index (χ4n) is 8.85. The first-order valence-corrected chi connectivity index (χ1v) is 18.4. The van der Waals surface area contributed by atoms with Gasteiger partial charge in [-0.1, -0.05) is 168 Å². The zero-order valence-corrected chi connectivity index (χ0v) is 29.6. The van der Waals surface area contributed by atoms with Crippen molar-refractivity contribution >= 4 is 21.8 Å². The van der Waals surface area contributed by atoms with Crippen molar-refractivity contribution in [3.63, 3.8) is 0 Å². The molecule has 1 nitrogen and oxygen atoms in total. The third-order valence-electron chi connectivity index (χ3n) is 11.3. The van der Waals surface area contributed by atoms with E-state index in [0.29, 0.717) is 0 Å². The summed E-state index contributed by atoms with van der Waals surface area (Å²) in [6.07, 6.45) is 6.53. The molecule has 1 heteroatoms. The van der Waals surface area contributed by atoms with Gasteiger partial charge in [0.25, 0.3) is 0 Å². The molecule has 0 atom stereocenters. The van der Waals surface area contributed by atoms with Gasteiger partial charge < -0.3 is 4.57 Å². The molecule has 0 aliphatic carbocycles. The van der Waals surface area contributed by atoms with Crippen LogP contribution in [0.5, 0.6) is 0 Å². The summed E-state index contributed by atoms with van der Waals surface area (Å²) >= 11 is 0. The van der Waals surface area contributed by atoms with Gasteiger partial charge in [-0.05, 0) is 83.3 Å². The Kier molecular flexibility index (Phi) is 9.28. The van der Waals surface area contributed by atoms with E-state index in [4.69, 9.17) is 0 Å². The van der Waals surface area contributed by atoms with Gasteiger partial charge in [0.15, 0.2) is 0 Å². The van der Waals surface area contributed by atoms with Gasteiger partial charge in [0, 0.05) is 27.3 Å². The number of hydrogen-bond acceptors (Lipinski definition) is 0. The van der Waals surface area contributed by atoms with Crippen molar-refractivity contribution in [3.05, 3.63) is 174 Å². The molecule has 6 aromatic carbocycles. The summed E-state index contributed by atoms with van der Waals surface area (Å²) in [5.41, 5.74) is 11.7. The maximum atomic E-state index is 2.52. The van der Waals surface area contributed by atoms with E-state index in [-0.39, 0.29) is 10.8 Å². The van der Waals surface area contributed by atoms with Crippen molar-refractivity contribution in [1.82, 2.24) is 4.57 Å². The molecule has 49 heavy (non-hydrogen) atoms. The Morgan fingerprint density at radius 2 is 0.898 bits per heavy atom. The summed E-state index contributed by atoms with van der Waals surface area (Å²) in [5.74, 6) is 0. The van der Waals surface area contributed by atoms with Crippen LogP contribution in [-0.4, -0.2) is 4.57 Å². The first-order chi connectivity index (χ1) is 24.1.